The summed E-state index contributed by atoms with van der Waals surface area (Å²) in [4.78, 5) is 18.7. The molecule has 0 radical (unpaired) electrons. The van der Waals surface area contributed by atoms with E-state index in [4.69, 9.17) is 14.5 Å². The van der Waals surface area contributed by atoms with Gasteiger partial charge < -0.3 is 19.4 Å². The number of fused-ring (bicyclic) bond motifs is 1. The van der Waals surface area contributed by atoms with Crippen LogP contribution in [0.1, 0.15) is 44.1 Å². The molecule has 164 valence electrons. The van der Waals surface area contributed by atoms with Crippen LogP contribution in [0.15, 0.2) is 48.5 Å². The Morgan fingerprint density at radius 3 is 2.42 bits per heavy atom. The Labute approximate surface area is 183 Å². The molecule has 1 amide bonds. The van der Waals surface area contributed by atoms with Crippen LogP contribution in [0.25, 0.3) is 11.0 Å². The Balaban J connectivity index is 1.69. The highest BCUT2D eigenvalue weighted by atomic mass is 16.5. The highest BCUT2D eigenvalue weighted by Gasteiger charge is 2.43. The number of carbonyl (C=O) groups excluding carboxylic acids is 1. The zero-order valence-electron chi connectivity index (χ0n) is 18.7. The minimum Gasteiger partial charge on any atom is -0.497 e. The molecule has 1 atom stereocenters. The van der Waals surface area contributed by atoms with Gasteiger partial charge in [0.25, 0.3) is 0 Å². The fraction of sp³-hybridized carbons (Fsp3) is 0.440. The molecule has 1 N–H and O–H groups in total. The predicted octanol–water partition coefficient (Wildman–Crippen LogP) is 4.14. The number of hydrogen-bond acceptors (Lipinski definition) is 4. The quantitative estimate of drug-likeness (QED) is 0.650. The Morgan fingerprint density at radius 1 is 1.13 bits per heavy atom. The Morgan fingerprint density at radius 2 is 1.81 bits per heavy atom. The molecule has 0 spiro atoms. The van der Waals surface area contributed by atoms with Crippen LogP contribution in [0, 0.1) is 5.92 Å². The third-order valence-corrected chi connectivity index (χ3v) is 6.48. The number of amides is 1. The molecule has 6 heteroatoms. The monoisotopic (exact) mass is 421 g/mol. The first kappa shape index (κ1) is 21.4. The van der Waals surface area contributed by atoms with Gasteiger partial charge in [0.2, 0.25) is 5.91 Å². The maximum Gasteiger partial charge on any atom is 0.231 e. The number of nitrogens with one attached hydrogen (secondary N) is 1. The molecule has 0 unspecified atom stereocenters. The zero-order chi connectivity index (χ0) is 22.0. The normalized spacial score (nSPS) is 16.9. The largest absolute Gasteiger partial charge is 0.497 e. The molecule has 0 bridgehead atoms. The number of ether oxygens (including phenoxy) is 2. The molecule has 1 aliphatic rings. The van der Waals surface area contributed by atoms with Crippen LogP contribution in [0.5, 0.6) is 5.75 Å². The van der Waals surface area contributed by atoms with E-state index in [0.29, 0.717) is 26.1 Å². The van der Waals surface area contributed by atoms with Crippen LogP contribution in [-0.2, 0) is 22.0 Å². The summed E-state index contributed by atoms with van der Waals surface area (Å²) >= 11 is 0. The fourth-order valence-electron chi connectivity index (χ4n) is 4.53. The molecule has 0 aliphatic carbocycles. The van der Waals surface area contributed by atoms with Crippen molar-refractivity contribution in [3.8, 4) is 5.75 Å². The van der Waals surface area contributed by atoms with Crippen LogP contribution >= 0.6 is 0 Å². The lowest BCUT2D eigenvalue weighted by atomic mass is 9.73. The number of carbonyl (C=O) groups is 1. The summed E-state index contributed by atoms with van der Waals surface area (Å²) in [5.41, 5.74) is 2.38. The van der Waals surface area contributed by atoms with Gasteiger partial charge in [0.05, 0.1) is 29.6 Å². The van der Waals surface area contributed by atoms with Crippen molar-refractivity contribution in [1.29, 1.82) is 0 Å². The summed E-state index contributed by atoms with van der Waals surface area (Å²) in [5, 5.41) is 3.36. The second kappa shape index (κ2) is 8.71. The Hall–Kier alpha value is -2.86. The van der Waals surface area contributed by atoms with Crippen LogP contribution < -0.4 is 10.1 Å². The fourth-order valence-corrected chi connectivity index (χ4v) is 4.53. The first-order valence-corrected chi connectivity index (χ1v) is 10.9. The van der Waals surface area contributed by atoms with Gasteiger partial charge in [-0.3, -0.25) is 4.79 Å². The van der Waals surface area contributed by atoms with Crippen molar-refractivity contribution in [2.75, 3.05) is 20.3 Å². The van der Waals surface area contributed by atoms with Gasteiger partial charge in [-0.1, -0.05) is 38.1 Å². The van der Waals surface area contributed by atoms with Gasteiger partial charge in [0.1, 0.15) is 11.6 Å². The number of methoxy groups -OCH3 is 1. The molecule has 0 saturated carbocycles. The van der Waals surface area contributed by atoms with Crippen LogP contribution in [-0.4, -0.2) is 35.8 Å². The topological polar surface area (TPSA) is 65.4 Å². The molecule has 31 heavy (non-hydrogen) atoms. The number of aryl methyl sites for hydroxylation is 1. The standard InChI is InChI=1S/C25H31N3O3/c1-17(2)22(23-26-20-7-5-6-8-21(20)28(23)3)27-24(29)25(13-15-31-16-14-25)18-9-11-19(30-4)12-10-18/h5-12,17,22H,13-16H2,1-4H3,(H,27,29)/t22-/m1/s1. The van der Waals surface area contributed by atoms with E-state index >= 15 is 0 Å². The smallest absolute Gasteiger partial charge is 0.231 e. The molecular weight excluding hydrogens is 390 g/mol. The van der Waals surface area contributed by atoms with Gasteiger partial charge in [0, 0.05) is 20.3 Å². The molecule has 6 nitrogen and oxygen atoms in total. The minimum absolute atomic E-state index is 0.0340. The highest BCUT2D eigenvalue weighted by Crippen LogP contribution is 2.37. The lowest BCUT2D eigenvalue weighted by molar-refractivity contribution is -0.131. The van der Waals surface area contributed by atoms with E-state index in [1.807, 2.05) is 49.5 Å². The SMILES string of the molecule is COc1ccc(C2(C(=O)N[C@@H](c3nc4ccccc4n3C)C(C)C)CCOCC2)cc1. The minimum atomic E-state index is -0.623. The molecule has 3 aromatic rings. The Kier molecular flexibility index (Phi) is 6.01. The predicted molar refractivity (Wildman–Crippen MR) is 121 cm³/mol. The molecule has 1 saturated heterocycles. The average molecular weight is 422 g/mol. The summed E-state index contributed by atoms with van der Waals surface area (Å²) in [6.45, 7) is 5.37. The van der Waals surface area contributed by atoms with Crippen molar-refractivity contribution in [2.45, 2.75) is 38.1 Å². The van der Waals surface area contributed by atoms with Gasteiger partial charge in [-0.15, -0.1) is 0 Å². The lowest BCUT2D eigenvalue weighted by Crippen LogP contribution is -2.50. The van der Waals surface area contributed by atoms with E-state index in [1.165, 1.54) is 0 Å². The molecule has 4 rings (SSSR count). The number of aromatic nitrogens is 2. The van der Waals surface area contributed by atoms with Crippen LogP contribution in [0.3, 0.4) is 0 Å². The molecular formula is C25H31N3O3. The number of nitrogens with zero attached hydrogens (tertiary/aromatic N) is 2. The van der Waals surface area contributed by atoms with Crippen molar-refractivity contribution in [1.82, 2.24) is 14.9 Å². The van der Waals surface area contributed by atoms with Gasteiger partial charge >= 0.3 is 0 Å². The first-order chi connectivity index (χ1) is 15.0. The summed E-state index contributed by atoms with van der Waals surface area (Å²) in [6.07, 6.45) is 1.30. The average Bonchev–Trinajstić information content (AvgIpc) is 3.13. The summed E-state index contributed by atoms with van der Waals surface area (Å²) in [7, 11) is 3.66. The van der Waals surface area contributed by atoms with Crippen molar-refractivity contribution in [3.05, 3.63) is 59.9 Å². The van der Waals surface area contributed by atoms with Crippen molar-refractivity contribution in [3.63, 3.8) is 0 Å². The highest BCUT2D eigenvalue weighted by molar-refractivity contribution is 5.89. The van der Waals surface area contributed by atoms with Crippen molar-refractivity contribution >= 4 is 16.9 Å². The first-order valence-electron chi connectivity index (χ1n) is 10.9. The van der Waals surface area contributed by atoms with Crippen LogP contribution in [0.4, 0.5) is 0 Å². The third kappa shape index (κ3) is 3.92. The van der Waals surface area contributed by atoms with Crippen LogP contribution in [0.2, 0.25) is 0 Å². The van der Waals surface area contributed by atoms with Gasteiger partial charge in [0.15, 0.2) is 0 Å². The van der Waals surface area contributed by atoms with Gasteiger partial charge in [-0.25, -0.2) is 4.98 Å². The second-order valence-corrected chi connectivity index (χ2v) is 8.64. The maximum absolute atomic E-state index is 13.9. The van der Waals surface area contributed by atoms with E-state index in [2.05, 4.69) is 29.8 Å². The third-order valence-electron chi connectivity index (χ3n) is 6.48. The number of imidazole rings is 1. The lowest BCUT2D eigenvalue weighted by Gasteiger charge is -2.38. The summed E-state index contributed by atoms with van der Waals surface area (Å²) < 4.78 is 13.0. The summed E-state index contributed by atoms with van der Waals surface area (Å²) in [6, 6.07) is 15.7. The second-order valence-electron chi connectivity index (χ2n) is 8.64. The molecule has 2 aromatic carbocycles. The van der Waals surface area contributed by atoms with Gasteiger partial charge in [-0.05, 0) is 48.6 Å². The molecule has 2 heterocycles. The Bertz CT molecular complexity index is 1050. The van der Waals surface area contributed by atoms with E-state index in [9.17, 15) is 4.79 Å². The van der Waals surface area contributed by atoms with E-state index < -0.39 is 5.41 Å². The molecule has 1 aromatic heterocycles. The molecule has 1 aliphatic heterocycles. The maximum atomic E-state index is 13.9. The zero-order valence-corrected chi connectivity index (χ0v) is 18.7. The van der Waals surface area contributed by atoms with E-state index in [0.717, 1.165) is 28.2 Å². The number of para-hydroxylation sites is 2. The van der Waals surface area contributed by atoms with E-state index in [-0.39, 0.29) is 17.9 Å². The molecule has 1 fully saturated rings. The van der Waals surface area contributed by atoms with Crippen molar-refractivity contribution < 1.29 is 14.3 Å². The number of hydrogen-bond donors (Lipinski definition) is 1. The number of rotatable bonds is 6. The number of benzene rings is 2. The van der Waals surface area contributed by atoms with Gasteiger partial charge in [-0.2, -0.15) is 0 Å². The summed E-state index contributed by atoms with van der Waals surface area (Å²) in [5.74, 6) is 1.88. The van der Waals surface area contributed by atoms with Crippen molar-refractivity contribution in [2.24, 2.45) is 13.0 Å². The van der Waals surface area contributed by atoms with E-state index in [1.54, 1.807) is 7.11 Å².